The lowest BCUT2D eigenvalue weighted by atomic mass is 9.84. The minimum absolute atomic E-state index is 0.00264. The molecule has 1 amide bonds. The average Bonchev–Trinajstić information content (AvgIpc) is 2.44. The summed E-state index contributed by atoms with van der Waals surface area (Å²) in [6, 6.07) is -0.826. The van der Waals surface area contributed by atoms with Gasteiger partial charge in [-0.15, -0.1) is 0 Å². The second kappa shape index (κ2) is 3.81. The van der Waals surface area contributed by atoms with Gasteiger partial charge < -0.3 is 15.1 Å². The first-order valence-electron chi connectivity index (χ1n) is 5.31. The first kappa shape index (κ1) is 10.4. The number of hydrogen-bond acceptors (Lipinski definition) is 3. The summed E-state index contributed by atoms with van der Waals surface area (Å²) < 4.78 is 0. The van der Waals surface area contributed by atoms with Crippen molar-refractivity contribution >= 4 is 11.9 Å². The number of carbonyl (C=O) groups excluding carboxylic acids is 1. The van der Waals surface area contributed by atoms with Gasteiger partial charge in [-0.3, -0.25) is 4.79 Å². The number of β-amino-alcohol motifs (C(OH)–C–C–N with tert-alkyl or cyclic N) is 1. The fraction of sp³-hybridized carbons (Fsp3) is 0.800. The molecule has 2 atom stereocenters. The van der Waals surface area contributed by atoms with E-state index in [0.29, 0.717) is 0 Å². The van der Waals surface area contributed by atoms with E-state index in [1.54, 1.807) is 0 Å². The summed E-state index contributed by atoms with van der Waals surface area (Å²) >= 11 is 0. The molecule has 2 fully saturated rings. The number of aliphatic hydroxyl groups excluding tert-OH is 1. The lowest BCUT2D eigenvalue weighted by Crippen LogP contribution is -2.45. The highest BCUT2D eigenvalue weighted by molar-refractivity contribution is 5.86. The molecule has 2 N–H and O–H groups in total. The molecule has 0 aromatic carbocycles. The van der Waals surface area contributed by atoms with Crippen molar-refractivity contribution in [2.45, 2.75) is 37.8 Å². The molecule has 0 aromatic rings. The molecule has 1 aliphatic heterocycles. The zero-order valence-corrected chi connectivity index (χ0v) is 8.43. The largest absolute Gasteiger partial charge is 0.480 e. The SMILES string of the molecule is O=C(O)[C@@H]1C[C@H](O)CN1C(=O)C1CCC1. The Kier molecular flexibility index (Phi) is 2.65. The van der Waals surface area contributed by atoms with E-state index in [0.717, 1.165) is 19.3 Å². The van der Waals surface area contributed by atoms with Crippen LogP contribution in [0.5, 0.6) is 0 Å². The predicted octanol–water partition coefficient (Wildman–Crippen LogP) is -0.167. The number of likely N-dealkylation sites (tertiary alicyclic amines) is 1. The Morgan fingerprint density at radius 2 is 1.93 bits per heavy atom. The molecule has 1 heterocycles. The molecular weight excluding hydrogens is 198 g/mol. The van der Waals surface area contributed by atoms with Gasteiger partial charge in [-0.2, -0.15) is 0 Å². The normalized spacial score (nSPS) is 31.4. The second-order valence-corrected chi connectivity index (χ2v) is 4.36. The van der Waals surface area contributed by atoms with Gasteiger partial charge in [0, 0.05) is 18.9 Å². The Bertz CT molecular complexity index is 287. The van der Waals surface area contributed by atoms with Crippen LogP contribution in [-0.2, 0) is 9.59 Å². The molecule has 0 radical (unpaired) electrons. The lowest BCUT2D eigenvalue weighted by Gasteiger charge is -2.31. The number of hydrogen-bond donors (Lipinski definition) is 2. The topological polar surface area (TPSA) is 77.8 Å². The molecule has 5 heteroatoms. The first-order chi connectivity index (χ1) is 7.09. The van der Waals surface area contributed by atoms with Crippen LogP contribution in [0.15, 0.2) is 0 Å². The third kappa shape index (κ3) is 1.84. The Labute approximate surface area is 87.7 Å². The van der Waals surface area contributed by atoms with Gasteiger partial charge in [0.05, 0.1) is 6.10 Å². The Balaban J connectivity index is 2.05. The lowest BCUT2D eigenvalue weighted by molar-refractivity contribution is -0.151. The summed E-state index contributed by atoms with van der Waals surface area (Å²) in [6.45, 7) is 0.173. The molecular formula is C10H15NO4. The van der Waals surface area contributed by atoms with Crippen molar-refractivity contribution in [3.8, 4) is 0 Å². The number of carboxylic acids is 1. The summed E-state index contributed by atoms with van der Waals surface area (Å²) in [5, 5.41) is 18.3. The van der Waals surface area contributed by atoms with Crippen LogP contribution >= 0.6 is 0 Å². The van der Waals surface area contributed by atoms with E-state index in [1.165, 1.54) is 4.90 Å². The average molecular weight is 213 g/mol. The van der Waals surface area contributed by atoms with Crippen molar-refractivity contribution in [3.63, 3.8) is 0 Å². The minimum atomic E-state index is -1.01. The van der Waals surface area contributed by atoms with Gasteiger partial charge in [-0.25, -0.2) is 4.79 Å². The molecule has 0 spiro atoms. The summed E-state index contributed by atoms with van der Waals surface area (Å²) in [5.74, 6) is -1.11. The summed E-state index contributed by atoms with van der Waals surface area (Å²) in [7, 11) is 0. The number of rotatable bonds is 2. The molecule has 1 saturated heterocycles. The number of carboxylic acid groups (broad SMARTS) is 1. The summed E-state index contributed by atoms with van der Waals surface area (Å²) in [5.41, 5.74) is 0. The van der Waals surface area contributed by atoms with Crippen LogP contribution in [0, 0.1) is 5.92 Å². The fourth-order valence-corrected chi connectivity index (χ4v) is 2.18. The van der Waals surface area contributed by atoms with Crippen LogP contribution in [0.25, 0.3) is 0 Å². The summed E-state index contributed by atoms with van der Waals surface area (Å²) in [6.07, 6.45) is 2.24. The van der Waals surface area contributed by atoms with Crippen LogP contribution in [-0.4, -0.2) is 45.7 Å². The number of aliphatic carboxylic acids is 1. The van der Waals surface area contributed by atoms with Gasteiger partial charge in [-0.1, -0.05) is 6.42 Å². The van der Waals surface area contributed by atoms with Crippen molar-refractivity contribution in [1.82, 2.24) is 4.90 Å². The van der Waals surface area contributed by atoms with E-state index < -0.39 is 18.1 Å². The van der Waals surface area contributed by atoms with Gasteiger partial charge in [0.1, 0.15) is 6.04 Å². The molecule has 0 aromatic heterocycles. The Hall–Kier alpha value is -1.10. The van der Waals surface area contributed by atoms with Gasteiger partial charge in [0.2, 0.25) is 5.91 Å². The van der Waals surface area contributed by atoms with Crippen molar-refractivity contribution in [3.05, 3.63) is 0 Å². The van der Waals surface area contributed by atoms with Gasteiger partial charge in [-0.05, 0) is 12.8 Å². The molecule has 15 heavy (non-hydrogen) atoms. The molecule has 1 saturated carbocycles. The van der Waals surface area contributed by atoms with Crippen LogP contribution in [0.3, 0.4) is 0 Å². The fourth-order valence-electron chi connectivity index (χ4n) is 2.18. The first-order valence-corrected chi connectivity index (χ1v) is 5.31. The Morgan fingerprint density at radius 3 is 2.40 bits per heavy atom. The molecule has 2 rings (SSSR count). The van der Waals surface area contributed by atoms with Crippen LogP contribution < -0.4 is 0 Å². The van der Waals surface area contributed by atoms with Gasteiger partial charge >= 0.3 is 5.97 Å². The van der Waals surface area contributed by atoms with Crippen LogP contribution in [0.1, 0.15) is 25.7 Å². The predicted molar refractivity (Wildman–Crippen MR) is 51.1 cm³/mol. The van der Waals surface area contributed by atoms with E-state index >= 15 is 0 Å². The number of carbonyl (C=O) groups is 2. The van der Waals surface area contributed by atoms with Crippen LogP contribution in [0.4, 0.5) is 0 Å². The zero-order valence-electron chi connectivity index (χ0n) is 8.43. The monoisotopic (exact) mass is 213 g/mol. The maximum absolute atomic E-state index is 11.8. The highest BCUT2D eigenvalue weighted by Gasteiger charge is 2.42. The standard InChI is InChI=1S/C10H15NO4/c12-7-4-8(10(14)15)11(5-7)9(13)6-2-1-3-6/h6-8,12H,1-5H2,(H,14,15)/t7-,8-/m0/s1. The Morgan fingerprint density at radius 1 is 1.27 bits per heavy atom. The highest BCUT2D eigenvalue weighted by Crippen LogP contribution is 2.31. The molecule has 0 unspecified atom stereocenters. The molecule has 1 aliphatic carbocycles. The van der Waals surface area contributed by atoms with E-state index in [-0.39, 0.29) is 24.8 Å². The van der Waals surface area contributed by atoms with E-state index in [9.17, 15) is 14.7 Å². The van der Waals surface area contributed by atoms with Crippen molar-refractivity contribution < 1.29 is 19.8 Å². The quantitative estimate of drug-likeness (QED) is 0.667. The highest BCUT2D eigenvalue weighted by atomic mass is 16.4. The van der Waals surface area contributed by atoms with E-state index in [1.807, 2.05) is 0 Å². The molecule has 84 valence electrons. The number of nitrogens with zero attached hydrogens (tertiary/aromatic N) is 1. The minimum Gasteiger partial charge on any atom is -0.480 e. The van der Waals surface area contributed by atoms with E-state index in [2.05, 4.69) is 0 Å². The molecule has 5 nitrogen and oxygen atoms in total. The third-order valence-corrected chi connectivity index (χ3v) is 3.30. The number of amides is 1. The maximum Gasteiger partial charge on any atom is 0.326 e. The van der Waals surface area contributed by atoms with Crippen molar-refractivity contribution in [2.75, 3.05) is 6.54 Å². The third-order valence-electron chi connectivity index (χ3n) is 3.30. The maximum atomic E-state index is 11.8. The zero-order chi connectivity index (χ0) is 11.0. The van der Waals surface area contributed by atoms with Crippen LogP contribution in [0.2, 0.25) is 0 Å². The number of aliphatic hydroxyl groups is 1. The van der Waals surface area contributed by atoms with E-state index in [4.69, 9.17) is 5.11 Å². The second-order valence-electron chi connectivity index (χ2n) is 4.36. The van der Waals surface area contributed by atoms with Crippen molar-refractivity contribution in [2.24, 2.45) is 5.92 Å². The molecule has 0 bridgehead atoms. The smallest absolute Gasteiger partial charge is 0.326 e. The summed E-state index contributed by atoms with van der Waals surface area (Å²) in [4.78, 5) is 24.1. The van der Waals surface area contributed by atoms with Gasteiger partial charge in [0.25, 0.3) is 0 Å². The van der Waals surface area contributed by atoms with Crippen molar-refractivity contribution in [1.29, 1.82) is 0 Å². The molecule has 2 aliphatic rings. The van der Waals surface area contributed by atoms with Gasteiger partial charge in [0.15, 0.2) is 0 Å².